The molecular weight excluding hydrogens is 470 g/mol. The van der Waals surface area contributed by atoms with Crippen molar-refractivity contribution in [1.29, 1.82) is 0 Å². The summed E-state index contributed by atoms with van der Waals surface area (Å²) in [6, 6.07) is -1.33. The van der Waals surface area contributed by atoms with Gasteiger partial charge in [0, 0.05) is 37.5 Å². The lowest BCUT2D eigenvalue weighted by molar-refractivity contribution is -0.154. The van der Waals surface area contributed by atoms with Gasteiger partial charge in [-0.1, -0.05) is 24.3 Å². The molecule has 35 heavy (non-hydrogen) atoms. The Bertz CT molecular complexity index is 936. The van der Waals surface area contributed by atoms with Crippen molar-refractivity contribution in [2.75, 3.05) is 59.2 Å². The number of ether oxygens (including phenoxy) is 2. The molecule has 0 aromatic heterocycles. The molecule has 0 aromatic carbocycles. The third-order valence-electron chi connectivity index (χ3n) is 8.07. The number of esters is 1. The number of carbonyl (C=O) groups excluding carboxylic acids is 3. The highest BCUT2D eigenvalue weighted by molar-refractivity contribution is 8.02. The molecule has 0 aliphatic carbocycles. The summed E-state index contributed by atoms with van der Waals surface area (Å²) in [5.74, 6) is -2.19. The van der Waals surface area contributed by atoms with Crippen LogP contribution in [0.1, 0.15) is 20.3 Å². The van der Waals surface area contributed by atoms with Crippen LogP contribution in [0.4, 0.5) is 0 Å². The number of cyclic esters (lactones) is 1. The van der Waals surface area contributed by atoms with Gasteiger partial charge in [0.2, 0.25) is 11.8 Å². The van der Waals surface area contributed by atoms with E-state index in [1.807, 2.05) is 36.1 Å². The number of carbonyl (C=O) groups is 3. The van der Waals surface area contributed by atoms with Crippen molar-refractivity contribution in [2.24, 2.45) is 11.8 Å². The average molecular weight is 506 g/mol. The lowest BCUT2D eigenvalue weighted by Gasteiger charge is -2.39. The molecule has 0 aromatic rings. The van der Waals surface area contributed by atoms with E-state index in [2.05, 4.69) is 4.90 Å². The molecule has 9 nitrogen and oxygen atoms in total. The number of likely N-dealkylation sites (tertiary alicyclic amines) is 1. The van der Waals surface area contributed by atoms with Crippen molar-refractivity contribution < 1.29 is 29.0 Å². The predicted octanol–water partition coefficient (Wildman–Crippen LogP) is 0.288. The normalized spacial score (nSPS) is 38.4. The fraction of sp³-hybridized carbons (Fsp3) is 0.720. The van der Waals surface area contributed by atoms with E-state index >= 15 is 0 Å². The first-order valence-corrected chi connectivity index (χ1v) is 13.4. The number of thioether (sulfide) groups is 1. The highest BCUT2D eigenvalue weighted by Crippen LogP contribution is 2.65. The van der Waals surface area contributed by atoms with Gasteiger partial charge in [-0.15, -0.1) is 11.8 Å². The molecular formula is C25H35N3O6S. The Morgan fingerprint density at radius 1 is 1.09 bits per heavy atom. The maximum absolute atomic E-state index is 14.2. The van der Waals surface area contributed by atoms with Gasteiger partial charge in [0.25, 0.3) is 0 Å². The van der Waals surface area contributed by atoms with E-state index in [-0.39, 0.29) is 31.0 Å². The minimum Gasteiger partial charge on any atom is -0.465 e. The molecule has 0 saturated carbocycles. The van der Waals surface area contributed by atoms with Crippen molar-refractivity contribution in [2.45, 2.75) is 41.8 Å². The number of aliphatic hydroxyl groups excluding tert-OH is 1. The molecule has 6 atom stereocenters. The molecule has 192 valence electrons. The summed E-state index contributed by atoms with van der Waals surface area (Å²) >= 11 is 1.53. The molecule has 3 fully saturated rings. The largest absolute Gasteiger partial charge is 0.465 e. The highest BCUT2D eigenvalue weighted by Gasteiger charge is 2.74. The number of fused-ring (bicyclic) bond motifs is 2. The molecule has 1 spiro atoms. The number of hydrogen-bond acceptors (Lipinski definition) is 8. The van der Waals surface area contributed by atoms with E-state index < -0.39 is 33.4 Å². The smallest absolute Gasteiger partial charge is 0.311 e. The van der Waals surface area contributed by atoms with Crippen molar-refractivity contribution >= 4 is 29.5 Å². The third-order valence-corrected chi connectivity index (χ3v) is 9.87. The van der Waals surface area contributed by atoms with Gasteiger partial charge in [-0.2, -0.15) is 0 Å². The molecule has 5 aliphatic rings. The monoisotopic (exact) mass is 505 g/mol. The summed E-state index contributed by atoms with van der Waals surface area (Å²) in [6.07, 6.45) is 8.64. The summed E-state index contributed by atoms with van der Waals surface area (Å²) in [7, 11) is 0. The van der Waals surface area contributed by atoms with Gasteiger partial charge in [-0.3, -0.25) is 19.3 Å². The fourth-order valence-corrected chi connectivity index (χ4v) is 8.46. The van der Waals surface area contributed by atoms with E-state index in [9.17, 15) is 19.5 Å². The van der Waals surface area contributed by atoms with E-state index in [0.29, 0.717) is 32.7 Å². The van der Waals surface area contributed by atoms with Crippen molar-refractivity contribution in [3.8, 4) is 0 Å². The first-order valence-electron chi connectivity index (χ1n) is 12.6. The molecule has 0 bridgehead atoms. The molecule has 2 amide bonds. The van der Waals surface area contributed by atoms with Crippen LogP contribution < -0.4 is 0 Å². The number of nitrogens with zero attached hydrogens (tertiary/aromatic N) is 3. The lowest BCUT2D eigenvalue weighted by atomic mass is 9.74. The Morgan fingerprint density at radius 2 is 1.86 bits per heavy atom. The predicted molar refractivity (Wildman–Crippen MR) is 131 cm³/mol. The van der Waals surface area contributed by atoms with Crippen LogP contribution in [0.2, 0.25) is 0 Å². The zero-order valence-electron chi connectivity index (χ0n) is 20.4. The number of morpholine rings is 1. The quantitative estimate of drug-likeness (QED) is 0.421. The zero-order valence-corrected chi connectivity index (χ0v) is 21.2. The SMILES string of the molecule is C[C@H](CO)N1C(=O)[C@@H]2[C@H]3C(=O)OCCC=C[C@@]3(C)S[C@@]23C=CCN(CCN2CCOCC2)C(=O)C13. The second-order valence-corrected chi connectivity index (χ2v) is 12.1. The van der Waals surface area contributed by atoms with E-state index in [4.69, 9.17) is 9.47 Å². The molecule has 0 radical (unpaired) electrons. The summed E-state index contributed by atoms with van der Waals surface area (Å²) in [5.41, 5.74) is 0. The number of hydrogen-bond donors (Lipinski definition) is 1. The zero-order chi connectivity index (χ0) is 24.8. The van der Waals surface area contributed by atoms with Gasteiger partial charge >= 0.3 is 5.97 Å². The van der Waals surface area contributed by atoms with Gasteiger partial charge in [0.15, 0.2) is 0 Å². The van der Waals surface area contributed by atoms with Gasteiger partial charge < -0.3 is 24.4 Å². The Labute approximate surface area is 210 Å². The Hall–Kier alpha value is -1.88. The van der Waals surface area contributed by atoms with Gasteiger partial charge in [0.1, 0.15) is 6.04 Å². The lowest BCUT2D eigenvalue weighted by Crippen LogP contribution is -2.57. The number of amides is 2. The topological polar surface area (TPSA) is 99.6 Å². The molecule has 5 rings (SSSR count). The van der Waals surface area contributed by atoms with Crippen LogP contribution in [0.5, 0.6) is 0 Å². The van der Waals surface area contributed by atoms with Crippen LogP contribution in [0.25, 0.3) is 0 Å². The van der Waals surface area contributed by atoms with Crippen LogP contribution in [0, 0.1) is 11.8 Å². The highest BCUT2D eigenvalue weighted by atomic mass is 32.2. The fourth-order valence-electron chi connectivity index (χ4n) is 6.32. The maximum Gasteiger partial charge on any atom is 0.311 e. The molecule has 10 heteroatoms. The molecule has 3 saturated heterocycles. The maximum atomic E-state index is 14.2. The summed E-state index contributed by atoms with van der Waals surface area (Å²) in [4.78, 5) is 47.1. The third kappa shape index (κ3) is 4.02. The second kappa shape index (κ2) is 9.53. The van der Waals surface area contributed by atoms with E-state index in [1.165, 1.54) is 11.8 Å². The average Bonchev–Trinajstić information content (AvgIpc) is 3.18. The van der Waals surface area contributed by atoms with Gasteiger partial charge in [-0.05, 0) is 20.3 Å². The van der Waals surface area contributed by atoms with E-state index in [1.54, 1.807) is 11.8 Å². The first-order chi connectivity index (χ1) is 16.8. The standard InChI is InChI=1S/C25H35N3O6S/c1-17(16-29)28-20-22(31)27(10-9-26-11-14-33-15-12-26)8-5-7-25(20)18(21(28)30)19-23(32)34-13-4-3-6-24(19,2)35-25/h3,5-7,17-20,29H,4,8-16H2,1-2H3/t17-,18+,19+,20?,24-,25+/m1/s1. The Balaban J connectivity index is 1.52. The first kappa shape index (κ1) is 24.8. The summed E-state index contributed by atoms with van der Waals surface area (Å²) in [6.45, 7) is 8.54. The minimum atomic E-state index is -0.904. The summed E-state index contributed by atoms with van der Waals surface area (Å²) < 4.78 is 9.41. The molecule has 5 heterocycles. The van der Waals surface area contributed by atoms with Crippen LogP contribution in [-0.4, -0.2) is 118 Å². The number of aliphatic hydroxyl groups is 1. The molecule has 1 N–H and O–H groups in total. The summed E-state index contributed by atoms with van der Waals surface area (Å²) in [5, 5.41) is 10.0. The number of rotatable bonds is 5. The van der Waals surface area contributed by atoms with Crippen LogP contribution in [-0.2, 0) is 23.9 Å². The van der Waals surface area contributed by atoms with Crippen molar-refractivity contribution in [3.63, 3.8) is 0 Å². The van der Waals surface area contributed by atoms with Gasteiger partial charge in [-0.25, -0.2) is 0 Å². The van der Waals surface area contributed by atoms with Crippen LogP contribution >= 0.6 is 11.8 Å². The van der Waals surface area contributed by atoms with Crippen LogP contribution in [0.15, 0.2) is 24.3 Å². The van der Waals surface area contributed by atoms with Crippen molar-refractivity contribution in [3.05, 3.63) is 24.3 Å². The Morgan fingerprint density at radius 3 is 2.60 bits per heavy atom. The second-order valence-electron chi connectivity index (χ2n) is 10.3. The van der Waals surface area contributed by atoms with Crippen LogP contribution in [0.3, 0.4) is 0 Å². The Kier molecular flexibility index (Phi) is 6.76. The van der Waals surface area contributed by atoms with Gasteiger partial charge in [0.05, 0.1) is 49.1 Å². The minimum absolute atomic E-state index is 0.123. The van der Waals surface area contributed by atoms with E-state index in [0.717, 1.165) is 19.6 Å². The molecule has 1 unspecified atom stereocenters. The van der Waals surface area contributed by atoms with Crippen molar-refractivity contribution in [1.82, 2.24) is 14.7 Å². The molecule has 5 aliphatic heterocycles.